The van der Waals surface area contributed by atoms with Crippen LogP contribution in [0.2, 0.25) is 0 Å². The lowest BCUT2D eigenvalue weighted by molar-refractivity contribution is -0.115. The molecule has 0 spiro atoms. The number of nitrogens with one attached hydrogen (secondary N) is 1. The number of nitrogens with zero attached hydrogens (tertiary/aromatic N) is 1. The Labute approximate surface area is 149 Å². The Morgan fingerprint density at radius 1 is 1.16 bits per heavy atom. The molecule has 0 saturated carbocycles. The molecule has 134 valence electrons. The fourth-order valence-electron chi connectivity index (χ4n) is 2.40. The highest BCUT2D eigenvalue weighted by Crippen LogP contribution is 2.26. The summed E-state index contributed by atoms with van der Waals surface area (Å²) in [5, 5.41) is 2.65. The molecule has 0 unspecified atom stereocenters. The van der Waals surface area contributed by atoms with Crippen molar-refractivity contribution in [3.05, 3.63) is 47.1 Å². The van der Waals surface area contributed by atoms with Crippen molar-refractivity contribution in [3.8, 4) is 0 Å². The summed E-state index contributed by atoms with van der Waals surface area (Å²) < 4.78 is 44.8. The van der Waals surface area contributed by atoms with Gasteiger partial charge in [-0.15, -0.1) is 11.3 Å². The molecule has 1 N–H and O–H groups in total. The van der Waals surface area contributed by atoms with E-state index < -0.39 is 10.0 Å². The normalized spacial score (nSPS) is 15.9. The van der Waals surface area contributed by atoms with Crippen molar-refractivity contribution in [2.24, 2.45) is 0 Å². The largest absolute Gasteiger partial charge is 0.379 e. The third kappa shape index (κ3) is 4.43. The van der Waals surface area contributed by atoms with Crippen LogP contribution in [0.25, 0.3) is 0 Å². The van der Waals surface area contributed by atoms with E-state index in [1.54, 1.807) is 6.07 Å². The fraction of sp³-hybridized carbons (Fsp3) is 0.312. The number of carbonyl (C=O) groups excluding carboxylic acids is 1. The average Bonchev–Trinajstić information content (AvgIpc) is 3.07. The second-order valence-electron chi connectivity index (χ2n) is 5.47. The summed E-state index contributed by atoms with van der Waals surface area (Å²) in [7, 11) is -3.54. The molecule has 0 atom stereocenters. The van der Waals surface area contributed by atoms with Crippen LogP contribution in [-0.2, 0) is 26.0 Å². The summed E-state index contributed by atoms with van der Waals surface area (Å²) in [5.41, 5.74) is 0.490. The van der Waals surface area contributed by atoms with E-state index in [1.165, 1.54) is 34.6 Å². The van der Waals surface area contributed by atoms with Crippen molar-refractivity contribution in [1.29, 1.82) is 0 Å². The van der Waals surface area contributed by atoms with E-state index in [0.29, 0.717) is 36.9 Å². The Kier molecular flexibility index (Phi) is 5.48. The number of anilines is 1. The van der Waals surface area contributed by atoms with Gasteiger partial charge in [0.2, 0.25) is 5.91 Å². The molecular weight excluding hydrogens is 367 g/mol. The Balaban J connectivity index is 1.64. The second-order valence-corrected chi connectivity index (χ2v) is 8.80. The SMILES string of the molecule is O=C(Cc1ccc(S(=O)(=O)N2CCOCC2)s1)Nc1ccc(F)cc1. The Morgan fingerprint density at radius 2 is 1.84 bits per heavy atom. The van der Waals surface area contributed by atoms with E-state index in [0.717, 1.165) is 11.3 Å². The van der Waals surface area contributed by atoms with Crippen LogP contribution in [0.1, 0.15) is 4.88 Å². The van der Waals surface area contributed by atoms with Crippen molar-refractivity contribution >= 4 is 33.0 Å². The third-order valence-electron chi connectivity index (χ3n) is 3.66. The van der Waals surface area contributed by atoms with Gasteiger partial charge in [0, 0.05) is 23.7 Å². The first-order chi connectivity index (χ1) is 11.9. The van der Waals surface area contributed by atoms with E-state index in [2.05, 4.69) is 5.32 Å². The number of hydrogen-bond donors (Lipinski definition) is 1. The van der Waals surface area contributed by atoms with Crippen molar-refractivity contribution in [2.75, 3.05) is 31.6 Å². The zero-order valence-electron chi connectivity index (χ0n) is 13.3. The van der Waals surface area contributed by atoms with Gasteiger partial charge in [-0.05, 0) is 36.4 Å². The van der Waals surface area contributed by atoms with E-state index in [-0.39, 0.29) is 22.4 Å². The summed E-state index contributed by atoms with van der Waals surface area (Å²) in [5.74, 6) is -0.669. The van der Waals surface area contributed by atoms with Crippen molar-refractivity contribution in [3.63, 3.8) is 0 Å². The minimum atomic E-state index is -3.54. The smallest absolute Gasteiger partial charge is 0.252 e. The highest BCUT2D eigenvalue weighted by molar-refractivity contribution is 7.91. The quantitative estimate of drug-likeness (QED) is 0.857. The predicted octanol–water partition coefficient (Wildman–Crippen LogP) is 2.09. The van der Waals surface area contributed by atoms with Crippen LogP contribution in [0.5, 0.6) is 0 Å². The molecule has 1 aromatic carbocycles. The lowest BCUT2D eigenvalue weighted by atomic mass is 10.3. The molecule has 3 rings (SSSR count). The molecule has 6 nitrogen and oxygen atoms in total. The van der Waals surface area contributed by atoms with Gasteiger partial charge in [-0.1, -0.05) is 0 Å². The molecule has 2 aromatic rings. The number of carbonyl (C=O) groups is 1. The van der Waals surface area contributed by atoms with E-state index >= 15 is 0 Å². The number of benzene rings is 1. The first-order valence-corrected chi connectivity index (χ1v) is 9.93. The molecule has 0 aliphatic carbocycles. The summed E-state index contributed by atoms with van der Waals surface area (Å²) in [6.07, 6.45) is 0.0562. The number of rotatable bonds is 5. The maximum atomic E-state index is 12.9. The molecule has 1 aliphatic rings. The second kappa shape index (κ2) is 7.61. The van der Waals surface area contributed by atoms with Gasteiger partial charge < -0.3 is 10.1 Å². The zero-order chi connectivity index (χ0) is 17.9. The van der Waals surface area contributed by atoms with Crippen LogP contribution >= 0.6 is 11.3 Å². The Bertz CT molecular complexity index is 843. The van der Waals surface area contributed by atoms with E-state index in [9.17, 15) is 17.6 Å². The van der Waals surface area contributed by atoms with E-state index in [4.69, 9.17) is 4.74 Å². The average molecular weight is 384 g/mol. The van der Waals surface area contributed by atoms with Crippen LogP contribution in [0, 0.1) is 5.82 Å². The van der Waals surface area contributed by atoms with Crippen molar-refractivity contribution in [2.45, 2.75) is 10.6 Å². The lowest BCUT2D eigenvalue weighted by Gasteiger charge is -2.25. The molecule has 1 saturated heterocycles. The molecule has 0 bridgehead atoms. The van der Waals surface area contributed by atoms with Gasteiger partial charge in [0.25, 0.3) is 10.0 Å². The van der Waals surface area contributed by atoms with Crippen LogP contribution in [0.3, 0.4) is 0 Å². The van der Waals surface area contributed by atoms with Crippen LogP contribution in [0.4, 0.5) is 10.1 Å². The van der Waals surface area contributed by atoms with Crippen LogP contribution < -0.4 is 5.32 Å². The molecule has 1 aromatic heterocycles. The first kappa shape index (κ1) is 18.0. The summed E-state index contributed by atoms with van der Waals surface area (Å²) in [6, 6.07) is 8.62. The minimum absolute atomic E-state index is 0.0562. The van der Waals surface area contributed by atoms with E-state index in [1.807, 2.05) is 0 Å². The van der Waals surface area contributed by atoms with Gasteiger partial charge in [0.05, 0.1) is 19.6 Å². The predicted molar refractivity (Wildman–Crippen MR) is 92.6 cm³/mol. The third-order valence-corrected chi connectivity index (χ3v) is 7.12. The monoisotopic (exact) mass is 384 g/mol. The molecule has 2 heterocycles. The van der Waals surface area contributed by atoms with Gasteiger partial charge in [-0.2, -0.15) is 4.31 Å². The Hall–Kier alpha value is -1.81. The van der Waals surface area contributed by atoms with Gasteiger partial charge in [-0.25, -0.2) is 12.8 Å². The first-order valence-electron chi connectivity index (χ1n) is 7.67. The molecule has 1 aliphatic heterocycles. The molecular formula is C16H17FN2O4S2. The molecule has 1 fully saturated rings. The fourth-order valence-corrected chi connectivity index (χ4v) is 5.32. The standard InChI is InChI=1S/C16H17FN2O4S2/c17-12-1-3-13(4-2-12)18-15(20)11-14-5-6-16(24-14)25(21,22)19-7-9-23-10-8-19/h1-6H,7-11H2,(H,18,20). The molecule has 9 heteroatoms. The summed E-state index contributed by atoms with van der Waals surface area (Å²) in [6.45, 7) is 1.44. The van der Waals surface area contributed by atoms with Crippen molar-refractivity contribution < 1.29 is 22.3 Å². The van der Waals surface area contributed by atoms with Gasteiger partial charge in [-0.3, -0.25) is 4.79 Å². The number of sulfonamides is 1. The topological polar surface area (TPSA) is 75.7 Å². The summed E-state index contributed by atoms with van der Waals surface area (Å²) >= 11 is 1.08. The number of amides is 1. The number of hydrogen-bond acceptors (Lipinski definition) is 5. The number of halogens is 1. The van der Waals surface area contributed by atoms with Crippen molar-refractivity contribution in [1.82, 2.24) is 4.31 Å². The van der Waals surface area contributed by atoms with Crippen LogP contribution in [-0.4, -0.2) is 44.9 Å². The number of morpholine rings is 1. The highest BCUT2D eigenvalue weighted by atomic mass is 32.2. The Morgan fingerprint density at radius 3 is 2.52 bits per heavy atom. The maximum absolute atomic E-state index is 12.9. The molecule has 0 radical (unpaired) electrons. The molecule has 1 amide bonds. The van der Waals surface area contributed by atoms with Gasteiger partial charge in [0.15, 0.2) is 0 Å². The maximum Gasteiger partial charge on any atom is 0.252 e. The van der Waals surface area contributed by atoms with Gasteiger partial charge in [0.1, 0.15) is 10.0 Å². The van der Waals surface area contributed by atoms with Crippen LogP contribution in [0.15, 0.2) is 40.6 Å². The lowest BCUT2D eigenvalue weighted by Crippen LogP contribution is -2.40. The number of ether oxygens (including phenoxy) is 1. The highest BCUT2D eigenvalue weighted by Gasteiger charge is 2.27. The number of thiophene rings is 1. The minimum Gasteiger partial charge on any atom is -0.379 e. The van der Waals surface area contributed by atoms with Gasteiger partial charge >= 0.3 is 0 Å². The molecule has 25 heavy (non-hydrogen) atoms. The summed E-state index contributed by atoms with van der Waals surface area (Å²) in [4.78, 5) is 12.7. The zero-order valence-corrected chi connectivity index (χ0v) is 14.9.